The number of carboxylic acid groups (broad SMARTS) is 1. The molecule has 0 radical (unpaired) electrons. The molecule has 172 valence electrons. The molecule has 33 heavy (non-hydrogen) atoms. The molecule has 0 atom stereocenters. The van der Waals surface area contributed by atoms with Gasteiger partial charge in [-0.15, -0.1) is 0 Å². The summed E-state index contributed by atoms with van der Waals surface area (Å²) >= 11 is 0. The van der Waals surface area contributed by atoms with Crippen LogP contribution in [0.15, 0.2) is 69.9 Å². The van der Waals surface area contributed by atoms with Gasteiger partial charge in [-0.1, -0.05) is 39.8 Å². The Morgan fingerprint density at radius 3 is 2.27 bits per heavy atom. The van der Waals surface area contributed by atoms with E-state index < -0.39 is 5.97 Å². The third kappa shape index (κ3) is 6.08. The molecule has 2 aliphatic rings. The minimum Gasteiger partial charge on any atom is -0.508 e. The van der Waals surface area contributed by atoms with Crippen LogP contribution in [-0.4, -0.2) is 40.8 Å². The van der Waals surface area contributed by atoms with E-state index in [4.69, 9.17) is 15.9 Å². The van der Waals surface area contributed by atoms with Crippen molar-refractivity contribution in [3.8, 4) is 28.2 Å². The van der Waals surface area contributed by atoms with E-state index >= 15 is 0 Å². The normalized spacial score (nSPS) is 10.7. The van der Waals surface area contributed by atoms with Gasteiger partial charge in [0, 0.05) is 53.2 Å². The molecule has 0 unspecified atom stereocenters. The molecule has 1 aliphatic heterocycles. The molecule has 0 bridgehead atoms. The Morgan fingerprint density at radius 2 is 1.61 bits per heavy atom. The van der Waals surface area contributed by atoms with Crippen molar-refractivity contribution < 1.29 is 19.4 Å². The molecule has 0 fully saturated rings. The summed E-state index contributed by atoms with van der Waals surface area (Å²) in [7, 11) is 3.58. The number of carbonyl (C=O) groups is 1. The fourth-order valence-corrected chi connectivity index (χ4v) is 4.96. The van der Waals surface area contributed by atoms with Crippen molar-refractivity contribution >= 4 is 38.5 Å². The molecule has 0 amide bonds. The third-order valence-corrected chi connectivity index (χ3v) is 7.06. The zero-order valence-corrected chi connectivity index (χ0v) is 19.3. The van der Waals surface area contributed by atoms with E-state index in [0.29, 0.717) is 33.4 Å². The summed E-state index contributed by atoms with van der Waals surface area (Å²) in [4.78, 5) is 23.4. The Kier molecular flexibility index (Phi) is 8.79. The summed E-state index contributed by atoms with van der Waals surface area (Å²) in [6.45, 7) is 1.53. The first kappa shape index (κ1) is 24.7. The number of phenols is 1. The van der Waals surface area contributed by atoms with Crippen molar-refractivity contribution in [3.63, 3.8) is 0 Å². The van der Waals surface area contributed by atoms with Crippen LogP contribution in [0.25, 0.3) is 33.4 Å². The molecule has 1 heterocycles. The zero-order valence-electron chi connectivity index (χ0n) is 17.7. The van der Waals surface area contributed by atoms with Crippen LogP contribution in [0.3, 0.4) is 0 Å². The van der Waals surface area contributed by atoms with Crippen LogP contribution in [0, 0.1) is 0 Å². The van der Waals surface area contributed by atoms with Crippen molar-refractivity contribution in [2.45, 2.75) is 0 Å². The van der Waals surface area contributed by atoms with E-state index in [2.05, 4.69) is 0 Å². The van der Waals surface area contributed by atoms with Gasteiger partial charge < -0.3 is 26.1 Å². The molecule has 2 aromatic rings. The predicted molar refractivity (Wildman–Crippen MR) is 136 cm³/mol. The monoisotopic (exact) mass is 484 g/mol. The number of rotatable bonds is 7. The standard InChI is InChI=1S/C20H12O5.C4H12N2S2/c21-11-5-7-15-17(9-11)25-18-10-12(22)6-8-16(18)19(15)13-3-1-2-4-14(13)20(23)24;5-1-3-7-8-4-2-6/h1-10,21H,(H,23,24);1-6H2. The summed E-state index contributed by atoms with van der Waals surface area (Å²) in [5, 5.41) is 19.9. The van der Waals surface area contributed by atoms with E-state index in [1.807, 2.05) is 0 Å². The van der Waals surface area contributed by atoms with Crippen LogP contribution >= 0.6 is 21.6 Å². The van der Waals surface area contributed by atoms with Gasteiger partial charge >= 0.3 is 5.97 Å². The number of aromatic carboxylic acids is 1. The molecule has 2 aromatic carbocycles. The summed E-state index contributed by atoms with van der Waals surface area (Å²) in [6, 6.07) is 15.7. The number of hydrogen-bond acceptors (Lipinski definition) is 8. The maximum atomic E-state index is 11.7. The lowest BCUT2D eigenvalue weighted by molar-refractivity contribution is 0.0697. The first-order valence-electron chi connectivity index (χ1n) is 10.1. The minimum atomic E-state index is -1.04. The highest BCUT2D eigenvalue weighted by atomic mass is 33.1. The van der Waals surface area contributed by atoms with E-state index in [-0.39, 0.29) is 16.7 Å². The Labute approximate surface area is 198 Å². The number of nitrogens with two attached hydrogens (primary N) is 2. The van der Waals surface area contributed by atoms with Crippen molar-refractivity contribution in [2.75, 3.05) is 24.6 Å². The van der Waals surface area contributed by atoms with Gasteiger partial charge in [0.1, 0.15) is 17.1 Å². The number of carboxylic acids is 1. The van der Waals surface area contributed by atoms with Gasteiger partial charge in [-0.25, -0.2) is 4.79 Å². The number of phenolic OH excluding ortho intramolecular Hbond substituents is 1. The molecule has 0 saturated heterocycles. The summed E-state index contributed by atoms with van der Waals surface area (Å²) in [5.74, 6) is 1.37. The Hall–Kier alpha value is -2.98. The molecule has 0 spiro atoms. The van der Waals surface area contributed by atoms with E-state index in [0.717, 1.165) is 24.6 Å². The molecular formula is C24H24N2O5S2. The minimum absolute atomic E-state index is 0.0198. The van der Waals surface area contributed by atoms with Crippen LogP contribution in [-0.2, 0) is 0 Å². The van der Waals surface area contributed by atoms with Gasteiger partial charge in [0.25, 0.3) is 0 Å². The first-order valence-corrected chi connectivity index (χ1v) is 12.6. The molecule has 6 N–H and O–H groups in total. The topological polar surface area (TPSA) is 140 Å². The molecule has 4 rings (SSSR count). The van der Waals surface area contributed by atoms with Crippen molar-refractivity contribution in [2.24, 2.45) is 11.5 Å². The lowest BCUT2D eigenvalue weighted by Gasteiger charge is -2.16. The van der Waals surface area contributed by atoms with E-state index in [1.165, 1.54) is 30.3 Å². The van der Waals surface area contributed by atoms with Crippen molar-refractivity contribution in [1.29, 1.82) is 0 Å². The van der Waals surface area contributed by atoms with Crippen LogP contribution in [0.4, 0.5) is 0 Å². The average Bonchev–Trinajstić information content (AvgIpc) is 2.80. The molecule has 1 aliphatic carbocycles. The van der Waals surface area contributed by atoms with Crippen LogP contribution in [0.5, 0.6) is 5.75 Å². The molecule has 0 aromatic heterocycles. The average molecular weight is 485 g/mol. The SMILES string of the molecule is NCCSSCCN.O=C(O)c1ccccc1-c1c2ccc(=O)cc-2oc2cc(O)ccc12. The molecule has 7 nitrogen and oxygen atoms in total. The second kappa shape index (κ2) is 11.8. The summed E-state index contributed by atoms with van der Waals surface area (Å²) in [6.07, 6.45) is 0. The highest BCUT2D eigenvalue weighted by molar-refractivity contribution is 8.76. The number of hydrogen-bond donors (Lipinski definition) is 4. The summed E-state index contributed by atoms with van der Waals surface area (Å²) < 4.78 is 5.76. The van der Waals surface area contributed by atoms with Crippen molar-refractivity contribution in [1.82, 2.24) is 0 Å². The third-order valence-electron chi connectivity index (χ3n) is 4.59. The molecular weight excluding hydrogens is 460 g/mol. The van der Waals surface area contributed by atoms with E-state index in [9.17, 15) is 19.8 Å². The quantitative estimate of drug-likeness (QED) is 0.172. The zero-order chi connectivity index (χ0) is 23.8. The predicted octanol–water partition coefficient (Wildman–Crippen LogP) is 4.25. The fraction of sp³-hybridized carbons (Fsp3) is 0.167. The van der Waals surface area contributed by atoms with Gasteiger partial charge in [-0.05, 0) is 35.9 Å². The van der Waals surface area contributed by atoms with Gasteiger partial charge in [-0.3, -0.25) is 4.79 Å². The molecule has 0 saturated carbocycles. The highest BCUT2D eigenvalue weighted by Crippen LogP contribution is 2.41. The fourth-order valence-electron chi connectivity index (χ4n) is 3.25. The smallest absolute Gasteiger partial charge is 0.336 e. The maximum absolute atomic E-state index is 11.7. The van der Waals surface area contributed by atoms with Gasteiger partial charge in [0.2, 0.25) is 0 Å². The van der Waals surface area contributed by atoms with Crippen LogP contribution < -0.4 is 16.9 Å². The number of fused-ring (bicyclic) bond motifs is 2. The summed E-state index contributed by atoms with van der Waals surface area (Å²) in [5.41, 5.74) is 12.6. The maximum Gasteiger partial charge on any atom is 0.336 e. The van der Waals surface area contributed by atoms with Gasteiger partial charge in [0.15, 0.2) is 5.43 Å². The van der Waals surface area contributed by atoms with Gasteiger partial charge in [-0.2, -0.15) is 0 Å². The Balaban J connectivity index is 0.000000331. The number of aromatic hydroxyl groups is 1. The second-order valence-electron chi connectivity index (χ2n) is 6.89. The van der Waals surface area contributed by atoms with Crippen molar-refractivity contribution in [3.05, 3.63) is 76.5 Å². The lowest BCUT2D eigenvalue weighted by Crippen LogP contribution is -2.03. The number of benzene rings is 3. The Bertz CT molecular complexity index is 1270. The highest BCUT2D eigenvalue weighted by Gasteiger charge is 2.21. The molecule has 9 heteroatoms. The second-order valence-corrected chi connectivity index (χ2v) is 9.59. The van der Waals surface area contributed by atoms with Crippen LogP contribution in [0.1, 0.15) is 10.4 Å². The van der Waals surface area contributed by atoms with Gasteiger partial charge in [0.05, 0.1) is 5.56 Å². The van der Waals surface area contributed by atoms with Crippen LogP contribution in [0.2, 0.25) is 0 Å². The Morgan fingerprint density at radius 1 is 0.909 bits per heavy atom. The lowest BCUT2D eigenvalue weighted by atomic mass is 9.91. The first-order chi connectivity index (χ1) is 16.0. The largest absolute Gasteiger partial charge is 0.508 e. The van der Waals surface area contributed by atoms with E-state index in [1.54, 1.807) is 51.9 Å².